The summed E-state index contributed by atoms with van der Waals surface area (Å²) in [6.45, 7) is 1.06. The Bertz CT molecular complexity index is 530. The number of nitrogens with zero attached hydrogens (tertiary/aromatic N) is 1. The van der Waals surface area contributed by atoms with Crippen LogP contribution in [0.5, 0.6) is 0 Å². The molecule has 1 aromatic heterocycles. The molecule has 0 aliphatic carbocycles. The van der Waals surface area contributed by atoms with E-state index in [1.54, 1.807) is 0 Å². The molecule has 3 heteroatoms. The molecule has 0 radical (unpaired) electrons. The molecule has 0 saturated carbocycles. The maximum atomic E-state index is 5.66. The fraction of sp³-hybridized carbons (Fsp3) is 0.188. The van der Waals surface area contributed by atoms with E-state index in [0.717, 1.165) is 23.5 Å². The van der Waals surface area contributed by atoms with Crippen LogP contribution in [0.1, 0.15) is 11.1 Å². The second kappa shape index (κ2) is 7.00. The lowest BCUT2D eigenvalue weighted by Gasteiger charge is -1.97. The van der Waals surface area contributed by atoms with Crippen molar-refractivity contribution in [3.05, 3.63) is 59.9 Å². The van der Waals surface area contributed by atoms with Crippen LogP contribution in [0, 0.1) is 0 Å². The number of hydrogen-bond donors (Lipinski definition) is 1. The van der Waals surface area contributed by atoms with E-state index in [1.165, 1.54) is 5.56 Å². The average molecular weight is 271 g/mol. The van der Waals surface area contributed by atoms with Crippen molar-refractivity contribution < 1.29 is 4.57 Å². The van der Waals surface area contributed by atoms with E-state index in [-0.39, 0.29) is 0 Å². The van der Waals surface area contributed by atoms with Crippen LogP contribution < -0.4 is 10.3 Å². The summed E-state index contributed by atoms with van der Waals surface area (Å²) in [5.74, 6) is 1.14. The van der Waals surface area contributed by atoms with E-state index >= 15 is 0 Å². The van der Waals surface area contributed by atoms with Crippen molar-refractivity contribution in [3.63, 3.8) is 0 Å². The number of aryl methyl sites for hydroxylation is 1. The maximum Gasteiger partial charge on any atom is 0.169 e. The third kappa shape index (κ3) is 4.45. The molecule has 2 aromatic rings. The van der Waals surface area contributed by atoms with Crippen molar-refractivity contribution in [2.24, 2.45) is 0 Å². The van der Waals surface area contributed by atoms with Crippen LogP contribution in [0.25, 0.3) is 12.2 Å². The van der Waals surface area contributed by atoms with E-state index < -0.39 is 0 Å². The molecular formula is C16H19N2S+. The molecule has 0 aliphatic rings. The van der Waals surface area contributed by atoms with Crippen molar-refractivity contribution in [1.82, 2.24) is 0 Å². The first-order chi connectivity index (χ1) is 9.28. The summed E-state index contributed by atoms with van der Waals surface area (Å²) < 4.78 is 2.21. The van der Waals surface area contributed by atoms with Gasteiger partial charge in [-0.15, -0.1) is 0 Å². The zero-order valence-corrected chi connectivity index (χ0v) is 11.9. The molecule has 1 aromatic carbocycles. The summed E-state index contributed by atoms with van der Waals surface area (Å²) in [4.78, 5) is 0. The number of rotatable bonds is 5. The van der Waals surface area contributed by atoms with E-state index in [0.29, 0.717) is 0 Å². The Morgan fingerprint density at radius 1 is 1.00 bits per heavy atom. The van der Waals surface area contributed by atoms with Crippen LogP contribution in [-0.2, 0) is 6.54 Å². The smallest absolute Gasteiger partial charge is 0.169 e. The highest BCUT2D eigenvalue weighted by atomic mass is 32.2. The monoisotopic (exact) mass is 271 g/mol. The minimum absolute atomic E-state index is 0.798. The first-order valence-corrected chi connectivity index (χ1v) is 7.69. The van der Waals surface area contributed by atoms with Crippen LogP contribution in [0.2, 0.25) is 0 Å². The SMILES string of the molecule is CSCC[n+]1ccc(/C=C/c2ccc(N)cc2)cc1. The standard InChI is InChI=1S/C16H18N2S/c1-19-13-12-18-10-8-15(9-11-18)3-2-14-4-6-16(17)7-5-14/h2-11,17H,12-13H2,1H3/p+1. The van der Waals surface area contributed by atoms with Gasteiger partial charge in [-0.1, -0.05) is 24.3 Å². The quantitative estimate of drug-likeness (QED) is 0.669. The lowest BCUT2D eigenvalue weighted by atomic mass is 10.1. The third-order valence-electron chi connectivity index (χ3n) is 2.88. The molecule has 0 spiro atoms. The first kappa shape index (κ1) is 13.7. The number of pyridine rings is 1. The largest absolute Gasteiger partial charge is 0.399 e. The number of nitrogens with two attached hydrogens (primary N) is 1. The molecule has 2 N–H and O–H groups in total. The van der Waals surface area contributed by atoms with Gasteiger partial charge in [0.25, 0.3) is 0 Å². The Morgan fingerprint density at radius 2 is 1.58 bits per heavy atom. The van der Waals surface area contributed by atoms with Crippen LogP contribution in [0.4, 0.5) is 5.69 Å². The molecule has 2 rings (SSSR count). The van der Waals surface area contributed by atoms with Crippen LogP contribution >= 0.6 is 11.8 Å². The van der Waals surface area contributed by atoms with Gasteiger partial charge in [-0.05, 0) is 29.5 Å². The predicted molar refractivity (Wildman–Crippen MR) is 84.8 cm³/mol. The number of nitrogen functional groups attached to an aromatic ring is 1. The van der Waals surface area contributed by atoms with Gasteiger partial charge in [0.1, 0.15) is 0 Å². The van der Waals surface area contributed by atoms with Crippen LogP contribution in [0.3, 0.4) is 0 Å². The van der Waals surface area contributed by atoms with Gasteiger partial charge >= 0.3 is 0 Å². The van der Waals surface area contributed by atoms with E-state index in [4.69, 9.17) is 5.73 Å². The summed E-state index contributed by atoms with van der Waals surface area (Å²) in [6.07, 6.45) is 10.6. The Kier molecular flexibility index (Phi) is 5.04. The fourth-order valence-electron chi connectivity index (χ4n) is 1.73. The zero-order chi connectivity index (χ0) is 13.5. The lowest BCUT2D eigenvalue weighted by molar-refractivity contribution is -0.692. The van der Waals surface area contributed by atoms with Crippen molar-refractivity contribution in [2.75, 3.05) is 17.7 Å². The Labute approximate surface area is 119 Å². The molecule has 1 heterocycles. The first-order valence-electron chi connectivity index (χ1n) is 6.29. The number of hydrogen-bond acceptors (Lipinski definition) is 2. The van der Waals surface area contributed by atoms with E-state index in [2.05, 4.69) is 47.5 Å². The second-order valence-electron chi connectivity index (χ2n) is 4.36. The highest BCUT2D eigenvalue weighted by molar-refractivity contribution is 7.98. The molecule has 2 nitrogen and oxygen atoms in total. The molecule has 0 fully saturated rings. The molecule has 0 atom stereocenters. The summed E-state index contributed by atoms with van der Waals surface area (Å²) in [5.41, 5.74) is 8.83. The number of aromatic nitrogens is 1. The van der Waals surface area contributed by atoms with Gasteiger partial charge in [0.2, 0.25) is 0 Å². The predicted octanol–water partition coefficient (Wildman–Crippen LogP) is 3.09. The van der Waals surface area contributed by atoms with E-state index in [1.807, 2.05) is 36.0 Å². The third-order valence-corrected chi connectivity index (χ3v) is 3.47. The molecule has 0 unspecified atom stereocenters. The summed E-state index contributed by atoms with van der Waals surface area (Å²) >= 11 is 1.86. The summed E-state index contributed by atoms with van der Waals surface area (Å²) in [7, 11) is 0. The lowest BCUT2D eigenvalue weighted by Crippen LogP contribution is -2.33. The molecule has 0 saturated heterocycles. The highest BCUT2D eigenvalue weighted by Crippen LogP contribution is 2.09. The Balaban J connectivity index is 2.00. The number of anilines is 1. The molecule has 0 amide bonds. The van der Waals surface area contributed by atoms with E-state index in [9.17, 15) is 0 Å². The molecular weight excluding hydrogens is 252 g/mol. The average Bonchev–Trinajstić information content (AvgIpc) is 2.46. The topological polar surface area (TPSA) is 29.9 Å². The fourth-order valence-corrected chi connectivity index (χ4v) is 2.12. The van der Waals surface area contributed by atoms with Gasteiger partial charge in [-0.3, -0.25) is 0 Å². The molecule has 0 aliphatic heterocycles. The molecule has 0 bridgehead atoms. The van der Waals surface area contributed by atoms with Gasteiger partial charge in [0.15, 0.2) is 18.9 Å². The normalized spacial score (nSPS) is 11.0. The Hall–Kier alpha value is -1.74. The summed E-state index contributed by atoms with van der Waals surface area (Å²) in [5, 5.41) is 0. The van der Waals surface area contributed by atoms with Gasteiger partial charge in [0, 0.05) is 17.8 Å². The molecule has 98 valence electrons. The van der Waals surface area contributed by atoms with Crippen LogP contribution in [-0.4, -0.2) is 12.0 Å². The van der Waals surface area contributed by atoms with Gasteiger partial charge < -0.3 is 5.73 Å². The minimum atomic E-state index is 0.798. The van der Waals surface area contributed by atoms with Gasteiger partial charge in [-0.2, -0.15) is 11.8 Å². The van der Waals surface area contributed by atoms with Crippen LogP contribution in [0.15, 0.2) is 48.8 Å². The van der Waals surface area contributed by atoms with Crippen molar-refractivity contribution in [2.45, 2.75) is 6.54 Å². The number of thioether (sulfide) groups is 1. The highest BCUT2D eigenvalue weighted by Gasteiger charge is 1.98. The zero-order valence-electron chi connectivity index (χ0n) is 11.1. The van der Waals surface area contributed by atoms with Crippen molar-refractivity contribution >= 4 is 29.6 Å². The number of benzene rings is 1. The maximum absolute atomic E-state index is 5.66. The van der Waals surface area contributed by atoms with Gasteiger partial charge in [-0.25, -0.2) is 4.57 Å². The second-order valence-corrected chi connectivity index (χ2v) is 5.35. The Morgan fingerprint density at radius 3 is 2.16 bits per heavy atom. The van der Waals surface area contributed by atoms with Crippen molar-refractivity contribution in [3.8, 4) is 0 Å². The van der Waals surface area contributed by atoms with Gasteiger partial charge in [0.05, 0.1) is 5.75 Å². The van der Waals surface area contributed by atoms with Crippen molar-refractivity contribution in [1.29, 1.82) is 0 Å². The minimum Gasteiger partial charge on any atom is -0.399 e. The summed E-state index contributed by atoms with van der Waals surface area (Å²) in [6, 6.07) is 12.1. The molecule has 19 heavy (non-hydrogen) atoms.